The van der Waals surface area contributed by atoms with Crippen LogP contribution in [-0.2, 0) is 0 Å². The summed E-state index contributed by atoms with van der Waals surface area (Å²) in [5.41, 5.74) is 1.90. The first-order valence-electron chi connectivity index (χ1n) is 5.97. The molecular weight excluding hydrogens is 244 g/mol. The van der Waals surface area contributed by atoms with Gasteiger partial charge in [-0.15, -0.1) is 0 Å². The van der Waals surface area contributed by atoms with Crippen LogP contribution in [0.1, 0.15) is 40.1 Å². The Kier molecular flexibility index (Phi) is 4.11. The molecule has 4 heteroatoms. The number of Topliss-reactive ketones (excluding diaryl/α,β-unsaturated/α-hetero) is 2. The van der Waals surface area contributed by atoms with Crippen LogP contribution in [0, 0.1) is 6.92 Å². The first-order chi connectivity index (χ1) is 8.11. The van der Waals surface area contributed by atoms with Gasteiger partial charge in [-0.1, -0.05) is 0 Å². The summed E-state index contributed by atoms with van der Waals surface area (Å²) in [5.74, 6) is 0.309. The van der Waals surface area contributed by atoms with E-state index in [2.05, 4.69) is 0 Å². The Labute approximate surface area is 109 Å². The molecule has 0 N–H and O–H groups in total. The average molecular weight is 264 g/mol. The van der Waals surface area contributed by atoms with Crippen molar-refractivity contribution in [2.75, 3.05) is 0 Å². The van der Waals surface area contributed by atoms with E-state index in [-0.39, 0.29) is 11.6 Å². The smallest absolute Gasteiger partial charge is 0.242 e. The standard InChI is InChI=1S/C14H20O3Si/c1-9-7-12(10(2)15)14(17-18(4,5)6)13(8-9)11(3)16/h7-8H,1-6H3. The van der Waals surface area contributed by atoms with Gasteiger partial charge in [-0.3, -0.25) is 9.59 Å². The van der Waals surface area contributed by atoms with E-state index < -0.39 is 8.32 Å². The summed E-state index contributed by atoms with van der Waals surface area (Å²) in [7, 11) is -1.87. The second-order valence-electron chi connectivity index (χ2n) is 5.52. The first-order valence-corrected chi connectivity index (χ1v) is 9.38. The summed E-state index contributed by atoms with van der Waals surface area (Å²) in [6, 6.07) is 3.56. The lowest BCUT2D eigenvalue weighted by atomic mass is 10.0. The van der Waals surface area contributed by atoms with E-state index >= 15 is 0 Å². The number of rotatable bonds is 4. The lowest BCUT2D eigenvalue weighted by molar-refractivity contribution is 0.101. The Hall–Kier alpha value is -1.42. The summed E-state index contributed by atoms with van der Waals surface area (Å²) in [6.07, 6.45) is 0. The number of carbonyl (C=O) groups excluding carboxylic acids is 2. The maximum atomic E-state index is 11.7. The first kappa shape index (κ1) is 14.6. The van der Waals surface area contributed by atoms with Crippen LogP contribution in [0.15, 0.2) is 12.1 Å². The van der Waals surface area contributed by atoms with Crippen LogP contribution in [0.2, 0.25) is 19.6 Å². The van der Waals surface area contributed by atoms with Crippen LogP contribution < -0.4 is 4.43 Å². The van der Waals surface area contributed by atoms with Crippen LogP contribution >= 0.6 is 0 Å². The summed E-state index contributed by atoms with van der Waals surface area (Å²) in [4.78, 5) is 23.4. The topological polar surface area (TPSA) is 43.4 Å². The zero-order chi connectivity index (χ0) is 14.1. The van der Waals surface area contributed by atoms with E-state index in [1.54, 1.807) is 12.1 Å². The van der Waals surface area contributed by atoms with Crippen molar-refractivity contribution in [3.05, 3.63) is 28.8 Å². The molecule has 1 aromatic rings. The van der Waals surface area contributed by atoms with Crippen LogP contribution in [0.25, 0.3) is 0 Å². The fourth-order valence-corrected chi connectivity index (χ4v) is 2.54. The third-order valence-electron chi connectivity index (χ3n) is 2.40. The second kappa shape index (κ2) is 5.06. The van der Waals surface area contributed by atoms with Gasteiger partial charge in [-0.05, 0) is 58.1 Å². The van der Waals surface area contributed by atoms with E-state index in [4.69, 9.17) is 4.43 Å². The maximum Gasteiger partial charge on any atom is 0.242 e. The maximum absolute atomic E-state index is 11.7. The molecule has 0 fully saturated rings. The molecule has 0 aromatic heterocycles. The van der Waals surface area contributed by atoms with Crippen molar-refractivity contribution >= 4 is 19.9 Å². The Bertz CT molecular complexity index is 463. The molecule has 0 spiro atoms. The van der Waals surface area contributed by atoms with Crippen molar-refractivity contribution in [3.63, 3.8) is 0 Å². The highest BCUT2D eigenvalue weighted by molar-refractivity contribution is 6.70. The van der Waals surface area contributed by atoms with Gasteiger partial charge >= 0.3 is 0 Å². The fourth-order valence-electron chi connectivity index (χ4n) is 1.71. The molecule has 0 aliphatic carbocycles. The molecule has 0 aliphatic heterocycles. The number of carbonyl (C=O) groups is 2. The predicted octanol–water partition coefficient (Wildman–Crippen LogP) is 3.61. The quantitative estimate of drug-likeness (QED) is 0.616. The van der Waals surface area contributed by atoms with Crippen molar-refractivity contribution < 1.29 is 14.0 Å². The lowest BCUT2D eigenvalue weighted by Crippen LogP contribution is -2.31. The van der Waals surface area contributed by atoms with E-state index in [1.807, 2.05) is 26.6 Å². The molecule has 1 rings (SSSR count). The molecule has 18 heavy (non-hydrogen) atoms. The average Bonchev–Trinajstić information content (AvgIpc) is 2.17. The van der Waals surface area contributed by atoms with Crippen molar-refractivity contribution in [1.82, 2.24) is 0 Å². The highest BCUT2D eigenvalue weighted by atomic mass is 28.4. The number of hydrogen-bond donors (Lipinski definition) is 0. The van der Waals surface area contributed by atoms with Crippen LogP contribution in [0.4, 0.5) is 0 Å². The molecule has 1 aromatic carbocycles. The largest absolute Gasteiger partial charge is 0.543 e. The van der Waals surface area contributed by atoms with Crippen LogP contribution in [0.3, 0.4) is 0 Å². The zero-order valence-corrected chi connectivity index (χ0v) is 12.9. The van der Waals surface area contributed by atoms with E-state index in [0.717, 1.165) is 5.56 Å². The minimum Gasteiger partial charge on any atom is -0.543 e. The fraction of sp³-hybridized carbons (Fsp3) is 0.429. The molecule has 0 bridgehead atoms. The van der Waals surface area contributed by atoms with Gasteiger partial charge in [0.15, 0.2) is 11.6 Å². The van der Waals surface area contributed by atoms with Gasteiger partial charge in [0.1, 0.15) is 5.75 Å². The molecule has 0 heterocycles. The van der Waals surface area contributed by atoms with Gasteiger partial charge in [-0.25, -0.2) is 0 Å². The van der Waals surface area contributed by atoms with Gasteiger partial charge in [0.05, 0.1) is 11.1 Å². The molecule has 3 nitrogen and oxygen atoms in total. The number of hydrogen-bond acceptors (Lipinski definition) is 3. The molecule has 0 saturated heterocycles. The Balaban J connectivity index is 3.51. The van der Waals surface area contributed by atoms with Crippen LogP contribution in [-0.4, -0.2) is 19.9 Å². The van der Waals surface area contributed by atoms with Crippen molar-refractivity contribution in [2.45, 2.75) is 40.4 Å². The number of benzene rings is 1. The molecule has 98 valence electrons. The Morgan fingerprint density at radius 3 is 1.67 bits per heavy atom. The molecule has 0 saturated carbocycles. The second-order valence-corrected chi connectivity index (χ2v) is 9.94. The van der Waals surface area contributed by atoms with E-state index in [0.29, 0.717) is 16.9 Å². The minimum absolute atomic E-state index is 0.0746. The van der Waals surface area contributed by atoms with Gasteiger partial charge in [0, 0.05) is 0 Å². The van der Waals surface area contributed by atoms with Gasteiger partial charge in [-0.2, -0.15) is 0 Å². The summed E-state index contributed by atoms with van der Waals surface area (Å²) < 4.78 is 5.94. The lowest BCUT2D eigenvalue weighted by Gasteiger charge is -2.23. The Morgan fingerprint density at radius 1 is 1.00 bits per heavy atom. The number of aryl methyl sites for hydroxylation is 1. The van der Waals surface area contributed by atoms with E-state index in [1.165, 1.54) is 13.8 Å². The predicted molar refractivity (Wildman–Crippen MR) is 75.2 cm³/mol. The normalized spacial score (nSPS) is 11.2. The molecule has 0 unspecified atom stereocenters. The molecule has 0 aliphatic rings. The van der Waals surface area contributed by atoms with Crippen molar-refractivity contribution in [3.8, 4) is 5.75 Å². The van der Waals surface area contributed by atoms with Crippen molar-refractivity contribution in [1.29, 1.82) is 0 Å². The van der Waals surface area contributed by atoms with Gasteiger partial charge in [0.25, 0.3) is 0 Å². The van der Waals surface area contributed by atoms with Crippen molar-refractivity contribution in [2.24, 2.45) is 0 Å². The summed E-state index contributed by atoms with van der Waals surface area (Å²) in [6.45, 7) is 10.9. The van der Waals surface area contributed by atoms with Gasteiger partial charge in [0.2, 0.25) is 8.32 Å². The molecule has 0 amide bonds. The monoisotopic (exact) mass is 264 g/mol. The Morgan fingerprint density at radius 2 is 1.39 bits per heavy atom. The summed E-state index contributed by atoms with van der Waals surface area (Å²) in [5, 5.41) is 0. The summed E-state index contributed by atoms with van der Waals surface area (Å²) >= 11 is 0. The molecule has 0 atom stereocenters. The third-order valence-corrected chi connectivity index (χ3v) is 3.22. The molecular formula is C14H20O3Si. The highest BCUT2D eigenvalue weighted by Gasteiger charge is 2.24. The molecule has 0 radical (unpaired) electrons. The third kappa shape index (κ3) is 3.53. The number of ketones is 2. The van der Waals surface area contributed by atoms with Gasteiger partial charge < -0.3 is 4.43 Å². The highest BCUT2D eigenvalue weighted by Crippen LogP contribution is 2.29. The SMILES string of the molecule is CC(=O)c1cc(C)cc(C(C)=O)c1O[Si](C)(C)C. The minimum atomic E-state index is -1.87. The van der Waals surface area contributed by atoms with Crippen LogP contribution in [0.5, 0.6) is 5.75 Å². The zero-order valence-electron chi connectivity index (χ0n) is 11.9. The van der Waals surface area contributed by atoms with E-state index in [9.17, 15) is 9.59 Å².